The van der Waals surface area contributed by atoms with Crippen molar-refractivity contribution in [1.82, 2.24) is 15.1 Å². The molecule has 0 aliphatic carbocycles. The van der Waals surface area contributed by atoms with Crippen LogP contribution in [0.1, 0.15) is 5.56 Å². The molecule has 0 atom stereocenters. The summed E-state index contributed by atoms with van der Waals surface area (Å²) in [6.07, 6.45) is 3.88. The van der Waals surface area contributed by atoms with E-state index in [2.05, 4.69) is 10.4 Å². The van der Waals surface area contributed by atoms with Crippen LogP contribution in [0, 0.1) is 5.41 Å². The van der Waals surface area contributed by atoms with E-state index in [0.29, 0.717) is 13.2 Å². The molecule has 0 unspecified atom stereocenters. The third kappa shape index (κ3) is 2.75. The van der Waals surface area contributed by atoms with E-state index >= 15 is 0 Å². The second-order valence-corrected chi connectivity index (χ2v) is 5.38. The van der Waals surface area contributed by atoms with Gasteiger partial charge in [0.25, 0.3) is 0 Å². The number of aromatic nitrogens is 2. The maximum Gasteiger partial charge on any atom is 0.0645 e. The smallest absolute Gasteiger partial charge is 0.0645 e. The topological polar surface area (TPSA) is 59.3 Å². The third-order valence-corrected chi connectivity index (χ3v) is 3.64. The fraction of sp³-hybridized carbons (Fsp3) is 0.400. The molecule has 5 heteroatoms. The molecule has 0 bridgehead atoms. The summed E-state index contributed by atoms with van der Waals surface area (Å²) >= 11 is 0. The van der Waals surface area contributed by atoms with Gasteiger partial charge in [0.2, 0.25) is 0 Å². The summed E-state index contributed by atoms with van der Waals surface area (Å²) in [5.74, 6) is 0. The van der Waals surface area contributed by atoms with E-state index in [1.807, 2.05) is 47.4 Å². The number of nitrogens with zero attached hydrogens (tertiary/aromatic N) is 2. The van der Waals surface area contributed by atoms with Crippen LogP contribution >= 0.6 is 0 Å². The monoisotopic (exact) mass is 273 g/mol. The number of hydrogen-bond acceptors (Lipinski definition) is 4. The van der Waals surface area contributed by atoms with Crippen molar-refractivity contribution in [3.8, 4) is 5.69 Å². The fourth-order valence-electron chi connectivity index (χ4n) is 2.29. The highest BCUT2D eigenvalue weighted by Crippen LogP contribution is 2.25. The molecule has 3 rings (SSSR count). The van der Waals surface area contributed by atoms with Crippen LogP contribution < -0.4 is 5.32 Å². The maximum absolute atomic E-state index is 9.35. The highest BCUT2D eigenvalue weighted by molar-refractivity contribution is 5.30. The number of ether oxygens (including phenoxy) is 1. The molecule has 1 saturated heterocycles. The first-order chi connectivity index (χ1) is 9.81. The van der Waals surface area contributed by atoms with Gasteiger partial charge in [0, 0.05) is 24.8 Å². The van der Waals surface area contributed by atoms with Crippen molar-refractivity contribution in [2.24, 2.45) is 5.41 Å². The Morgan fingerprint density at radius 1 is 1.30 bits per heavy atom. The van der Waals surface area contributed by atoms with E-state index in [-0.39, 0.29) is 12.0 Å². The Bertz CT molecular complexity index is 544. The lowest BCUT2D eigenvalue weighted by atomic mass is 9.87. The van der Waals surface area contributed by atoms with Gasteiger partial charge in [0.05, 0.1) is 37.1 Å². The fourth-order valence-corrected chi connectivity index (χ4v) is 2.29. The quantitative estimate of drug-likeness (QED) is 0.823. The summed E-state index contributed by atoms with van der Waals surface area (Å²) in [7, 11) is 0. The third-order valence-electron chi connectivity index (χ3n) is 3.64. The molecule has 1 aliphatic rings. The zero-order valence-corrected chi connectivity index (χ0v) is 11.3. The van der Waals surface area contributed by atoms with E-state index in [1.165, 1.54) is 0 Å². The van der Waals surface area contributed by atoms with Gasteiger partial charge in [-0.2, -0.15) is 5.10 Å². The van der Waals surface area contributed by atoms with Gasteiger partial charge in [-0.25, -0.2) is 4.68 Å². The molecule has 20 heavy (non-hydrogen) atoms. The lowest BCUT2D eigenvalue weighted by Crippen LogP contribution is -2.52. The molecular formula is C15H19N3O2. The lowest BCUT2D eigenvalue weighted by Gasteiger charge is -2.39. The van der Waals surface area contributed by atoms with Crippen LogP contribution in [0.2, 0.25) is 0 Å². The molecule has 0 spiro atoms. The van der Waals surface area contributed by atoms with E-state index in [0.717, 1.165) is 24.3 Å². The Balaban J connectivity index is 1.55. The van der Waals surface area contributed by atoms with Crippen LogP contribution in [0.5, 0.6) is 0 Å². The summed E-state index contributed by atoms with van der Waals surface area (Å²) in [5.41, 5.74) is 2.09. The standard InChI is InChI=1S/C15H19N3O2/c19-10-15(11-20-12-15)9-16-6-13-7-17-18(8-13)14-4-2-1-3-5-14/h1-5,7-8,16,19H,6,9-12H2. The number of hydrogen-bond donors (Lipinski definition) is 2. The summed E-state index contributed by atoms with van der Waals surface area (Å²) in [6, 6.07) is 10.0. The van der Waals surface area contributed by atoms with Gasteiger partial charge in [0.15, 0.2) is 0 Å². The number of nitrogens with one attached hydrogen (secondary N) is 1. The van der Waals surface area contributed by atoms with Crippen molar-refractivity contribution < 1.29 is 9.84 Å². The van der Waals surface area contributed by atoms with E-state index in [9.17, 15) is 5.11 Å². The van der Waals surface area contributed by atoms with Crippen molar-refractivity contribution in [3.63, 3.8) is 0 Å². The van der Waals surface area contributed by atoms with Gasteiger partial charge in [0.1, 0.15) is 0 Å². The molecular weight excluding hydrogens is 254 g/mol. The van der Waals surface area contributed by atoms with Gasteiger partial charge in [-0.05, 0) is 12.1 Å². The van der Waals surface area contributed by atoms with E-state index in [1.54, 1.807) is 0 Å². The minimum atomic E-state index is -0.0879. The number of aliphatic hydroxyl groups is 1. The summed E-state index contributed by atoms with van der Waals surface area (Å²) in [5, 5.41) is 17.1. The number of para-hydroxylation sites is 1. The number of aliphatic hydroxyl groups excluding tert-OH is 1. The van der Waals surface area contributed by atoms with Gasteiger partial charge in [-0.1, -0.05) is 18.2 Å². The van der Waals surface area contributed by atoms with Crippen LogP contribution in [0.3, 0.4) is 0 Å². The SMILES string of the molecule is OCC1(CNCc2cnn(-c3ccccc3)c2)COC1. The van der Waals surface area contributed by atoms with Gasteiger partial charge in [-0.15, -0.1) is 0 Å². The van der Waals surface area contributed by atoms with Gasteiger partial charge < -0.3 is 15.2 Å². The summed E-state index contributed by atoms with van der Waals surface area (Å²) < 4.78 is 7.04. The van der Waals surface area contributed by atoms with Crippen molar-refractivity contribution in [2.45, 2.75) is 6.54 Å². The molecule has 0 saturated carbocycles. The molecule has 2 heterocycles. The first kappa shape index (κ1) is 13.3. The zero-order chi connectivity index (χ0) is 13.8. The Morgan fingerprint density at radius 2 is 2.10 bits per heavy atom. The zero-order valence-electron chi connectivity index (χ0n) is 11.3. The second-order valence-electron chi connectivity index (χ2n) is 5.38. The predicted octanol–water partition coefficient (Wildman–Crippen LogP) is 0.971. The lowest BCUT2D eigenvalue weighted by molar-refractivity contribution is -0.134. The Hall–Kier alpha value is -1.69. The highest BCUT2D eigenvalue weighted by atomic mass is 16.5. The van der Waals surface area contributed by atoms with Crippen LogP contribution in [-0.2, 0) is 11.3 Å². The number of rotatable bonds is 6. The van der Waals surface area contributed by atoms with Gasteiger partial charge >= 0.3 is 0 Å². The van der Waals surface area contributed by atoms with E-state index < -0.39 is 0 Å². The normalized spacial score (nSPS) is 16.9. The largest absolute Gasteiger partial charge is 0.396 e. The molecule has 2 N–H and O–H groups in total. The number of benzene rings is 1. The first-order valence-corrected chi connectivity index (χ1v) is 6.80. The Kier molecular flexibility index (Phi) is 3.82. The van der Waals surface area contributed by atoms with E-state index in [4.69, 9.17) is 4.74 Å². The molecule has 1 aromatic heterocycles. The summed E-state index contributed by atoms with van der Waals surface area (Å²) in [6.45, 7) is 2.96. The van der Waals surface area contributed by atoms with Crippen molar-refractivity contribution >= 4 is 0 Å². The Labute approximate surface area is 118 Å². The first-order valence-electron chi connectivity index (χ1n) is 6.80. The molecule has 2 aromatic rings. The Morgan fingerprint density at radius 3 is 2.75 bits per heavy atom. The van der Waals surface area contributed by atoms with Crippen LogP contribution in [0.15, 0.2) is 42.7 Å². The average molecular weight is 273 g/mol. The molecule has 0 radical (unpaired) electrons. The van der Waals surface area contributed by atoms with Gasteiger partial charge in [-0.3, -0.25) is 0 Å². The molecule has 106 valence electrons. The molecule has 1 fully saturated rings. The minimum Gasteiger partial charge on any atom is -0.396 e. The molecule has 5 nitrogen and oxygen atoms in total. The minimum absolute atomic E-state index is 0.0879. The molecule has 1 aliphatic heterocycles. The van der Waals surface area contributed by atoms with Crippen molar-refractivity contribution in [1.29, 1.82) is 0 Å². The predicted molar refractivity (Wildman–Crippen MR) is 75.6 cm³/mol. The average Bonchev–Trinajstić information content (AvgIpc) is 2.92. The highest BCUT2D eigenvalue weighted by Gasteiger charge is 2.37. The summed E-state index contributed by atoms with van der Waals surface area (Å²) in [4.78, 5) is 0. The molecule has 1 aromatic carbocycles. The van der Waals surface area contributed by atoms with Crippen LogP contribution in [0.25, 0.3) is 5.69 Å². The molecule has 0 amide bonds. The van der Waals surface area contributed by atoms with Crippen molar-refractivity contribution in [3.05, 3.63) is 48.3 Å². The maximum atomic E-state index is 9.35. The second kappa shape index (κ2) is 5.75. The van der Waals surface area contributed by atoms with Crippen LogP contribution in [0.4, 0.5) is 0 Å². The van der Waals surface area contributed by atoms with Crippen molar-refractivity contribution in [2.75, 3.05) is 26.4 Å². The van der Waals surface area contributed by atoms with Crippen LogP contribution in [-0.4, -0.2) is 41.3 Å².